The smallest absolute Gasteiger partial charge is 0.241 e. The second kappa shape index (κ2) is 8.37. The molecular formula is C19H23ClN4O3. The molecule has 0 bridgehead atoms. The maximum Gasteiger partial charge on any atom is 0.241 e. The van der Waals surface area contributed by atoms with Crippen LogP contribution >= 0.6 is 11.6 Å². The summed E-state index contributed by atoms with van der Waals surface area (Å²) in [5, 5.41) is 4.74. The number of nitrogens with zero attached hydrogens (tertiary/aromatic N) is 4. The standard InChI is InChI=1S/C19H23ClN4O3/c20-16-5-3-14(4-6-16)18-21-17(27-22-18)13-23-7-1-2-15(12-23)19(25)24-8-10-26-11-9-24/h3-6,15H,1-2,7-13H2/t15-/m1/s1. The van der Waals surface area contributed by atoms with E-state index in [-0.39, 0.29) is 11.8 Å². The molecule has 7 nitrogen and oxygen atoms in total. The summed E-state index contributed by atoms with van der Waals surface area (Å²) < 4.78 is 10.8. The van der Waals surface area contributed by atoms with E-state index >= 15 is 0 Å². The van der Waals surface area contributed by atoms with Crippen LogP contribution in [0.3, 0.4) is 0 Å². The van der Waals surface area contributed by atoms with Crippen molar-refractivity contribution in [2.45, 2.75) is 19.4 Å². The summed E-state index contributed by atoms with van der Waals surface area (Å²) in [5.41, 5.74) is 0.869. The normalized spacial score (nSPS) is 21.4. The highest BCUT2D eigenvalue weighted by atomic mass is 35.5. The van der Waals surface area contributed by atoms with Gasteiger partial charge in [-0.25, -0.2) is 0 Å². The summed E-state index contributed by atoms with van der Waals surface area (Å²) in [4.78, 5) is 21.4. The average molecular weight is 391 g/mol. The Kier molecular flexibility index (Phi) is 5.71. The second-order valence-electron chi connectivity index (χ2n) is 7.03. The topological polar surface area (TPSA) is 71.7 Å². The number of amides is 1. The Hall–Kier alpha value is -1.96. The molecule has 144 valence electrons. The lowest BCUT2D eigenvalue weighted by molar-refractivity contribution is -0.141. The van der Waals surface area contributed by atoms with Crippen molar-refractivity contribution < 1.29 is 14.1 Å². The minimum Gasteiger partial charge on any atom is -0.378 e. The fourth-order valence-corrected chi connectivity index (χ4v) is 3.80. The third kappa shape index (κ3) is 4.48. The maximum atomic E-state index is 12.7. The summed E-state index contributed by atoms with van der Waals surface area (Å²) in [7, 11) is 0. The Bertz CT molecular complexity index is 774. The van der Waals surface area contributed by atoms with Gasteiger partial charge in [0.15, 0.2) is 0 Å². The van der Waals surface area contributed by atoms with Crippen LogP contribution in [-0.4, -0.2) is 65.2 Å². The van der Waals surface area contributed by atoms with Gasteiger partial charge in [-0.3, -0.25) is 9.69 Å². The number of ether oxygens (including phenoxy) is 1. The predicted molar refractivity (Wildman–Crippen MR) is 100 cm³/mol. The number of likely N-dealkylation sites (tertiary alicyclic amines) is 1. The summed E-state index contributed by atoms with van der Waals surface area (Å²) in [6, 6.07) is 7.35. The predicted octanol–water partition coefficient (Wildman–Crippen LogP) is 2.46. The highest BCUT2D eigenvalue weighted by molar-refractivity contribution is 6.30. The van der Waals surface area contributed by atoms with Gasteiger partial charge in [-0.05, 0) is 43.7 Å². The number of piperidine rings is 1. The molecule has 4 rings (SSSR count). The zero-order chi connectivity index (χ0) is 18.6. The minimum atomic E-state index is 0.0375. The van der Waals surface area contributed by atoms with Crippen LogP contribution in [0.4, 0.5) is 0 Å². The molecule has 0 spiro atoms. The number of hydrogen-bond acceptors (Lipinski definition) is 6. The first-order valence-electron chi connectivity index (χ1n) is 9.36. The van der Waals surface area contributed by atoms with Crippen molar-refractivity contribution >= 4 is 17.5 Å². The lowest BCUT2D eigenvalue weighted by Crippen LogP contribution is -2.48. The van der Waals surface area contributed by atoms with Gasteiger partial charge in [0.2, 0.25) is 17.6 Å². The number of halogens is 1. The SMILES string of the molecule is O=C([C@@H]1CCCN(Cc2nc(-c3ccc(Cl)cc3)no2)C1)N1CCOCC1. The van der Waals surface area contributed by atoms with Gasteiger partial charge >= 0.3 is 0 Å². The van der Waals surface area contributed by atoms with E-state index < -0.39 is 0 Å². The molecule has 8 heteroatoms. The number of carbonyl (C=O) groups excluding carboxylic acids is 1. The third-order valence-corrected chi connectivity index (χ3v) is 5.36. The van der Waals surface area contributed by atoms with Crippen molar-refractivity contribution in [1.29, 1.82) is 0 Å². The zero-order valence-corrected chi connectivity index (χ0v) is 15.9. The number of rotatable bonds is 4. The van der Waals surface area contributed by atoms with Crippen molar-refractivity contribution in [3.05, 3.63) is 35.2 Å². The monoisotopic (exact) mass is 390 g/mol. The molecule has 0 aliphatic carbocycles. The van der Waals surface area contributed by atoms with Gasteiger partial charge in [0.25, 0.3) is 0 Å². The van der Waals surface area contributed by atoms with Gasteiger partial charge in [-0.1, -0.05) is 16.8 Å². The Morgan fingerprint density at radius 2 is 1.96 bits per heavy atom. The second-order valence-corrected chi connectivity index (χ2v) is 7.47. The van der Waals surface area contributed by atoms with E-state index in [0.29, 0.717) is 49.6 Å². The molecule has 3 heterocycles. The number of hydrogen-bond donors (Lipinski definition) is 0. The molecule has 2 fully saturated rings. The molecule has 0 saturated carbocycles. The summed E-state index contributed by atoms with van der Waals surface area (Å²) >= 11 is 5.92. The fraction of sp³-hybridized carbons (Fsp3) is 0.526. The van der Waals surface area contributed by atoms with E-state index in [4.69, 9.17) is 20.9 Å². The van der Waals surface area contributed by atoms with Crippen LogP contribution in [0.1, 0.15) is 18.7 Å². The van der Waals surface area contributed by atoms with Crippen molar-refractivity contribution in [2.75, 3.05) is 39.4 Å². The number of aromatic nitrogens is 2. The largest absolute Gasteiger partial charge is 0.378 e. The maximum absolute atomic E-state index is 12.7. The van der Waals surface area contributed by atoms with E-state index in [1.807, 2.05) is 17.0 Å². The van der Waals surface area contributed by atoms with Crippen molar-refractivity contribution in [2.24, 2.45) is 5.92 Å². The van der Waals surface area contributed by atoms with Crippen LogP contribution in [0, 0.1) is 5.92 Å². The Morgan fingerprint density at radius 3 is 2.74 bits per heavy atom. The van der Waals surface area contributed by atoms with E-state index in [0.717, 1.165) is 31.5 Å². The van der Waals surface area contributed by atoms with Gasteiger partial charge in [-0.15, -0.1) is 0 Å². The van der Waals surface area contributed by atoms with Crippen LogP contribution in [0.15, 0.2) is 28.8 Å². The molecule has 0 unspecified atom stereocenters. The Balaban J connectivity index is 1.36. The van der Waals surface area contributed by atoms with Crippen LogP contribution in [0.2, 0.25) is 5.02 Å². The molecule has 2 saturated heterocycles. The molecule has 1 aromatic heterocycles. The van der Waals surface area contributed by atoms with Crippen LogP contribution in [-0.2, 0) is 16.1 Å². The van der Waals surface area contributed by atoms with E-state index in [2.05, 4.69) is 15.0 Å². The van der Waals surface area contributed by atoms with E-state index in [9.17, 15) is 4.79 Å². The highest BCUT2D eigenvalue weighted by Crippen LogP contribution is 2.22. The summed E-state index contributed by atoms with van der Waals surface area (Å²) in [6.07, 6.45) is 1.94. The number of carbonyl (C=O) groups is 1. The zero-order valence-electron chi connectivity index (χ0n) is 15.1. The van der Waals surface area contributed by atoms with Gasteiger partial charge in [-0.2, -0.15) is 4.98 Å². The van der Waals surface area contributed by atoms with Gasteiger partial charge < -0.3 is 14.2 Å². The molecule has 2 aliphatic heterocycles. The van der Waals surface area contributed by atoms with Crippen LogP contribution in [0.25, 0.3) is 11.4 Å². The Labute approximate surface area is 163 Å². The van der Waals surface area contributed by atoms with E-state index in [1.165, 1.54) is 0 Å². The summed E-state index contributed by atoms with van der Waals surface area (Å²) in [5.74, 6) is 1.41. The first kappa shape index (κ1) is 18.4. The molecule has 1 aromatic carbocycles. The first-order valence-corrected chi connectivity index (χ1v) is 9.74. The lowest BCUT2D eigenvalue weighted by atomic mass is 9.96. The van der Waals surface area contributed by atoms with Crippen LogP contribution < -0.4 is 0 Å². The molecular weight excluding hydrogens is 368 g/mol. The third-order valence-electron chi connectivity index (χ3n) is 5.11. The van der Waals surface area contributed by atoms with E-state index in [1.54, 1.807) is 12.1 Å². The lowest BCUT2D eigenvalue weighted by Gasteiger charge is -2.35. The number of benzene rings is 1. The van der Waals surface area contributed by atoms with Gasteiger partial charge in [0.05, 0.1) is 25.7 Å². The molecule has 0 N–H and O–H groups in total. The van der Waals surface area contributed by atoms with Crippen molar-refractivity contribution in [3.8, 4) is 11.4 Å². The molecule has 1 amide bonds. The first-order chi connectivity index (χ1) is 13.2. The van der Waals surface area contributed by atoms with Crippen molar-refractivity contribution in [1.82, 2.24) is 19.9 Å². The molecule has 27 heavy (non-hydrogen) atoms. The average Bonchev–Trinajstić information content (AvgIpc) is 3.17. The highest BCUT2D eigenvalue weighted by Gasteiger charge is 2.30. The Morgan fingerprint density at radius 1 is 1.19 bits per heavy atom. The fourth-order valence-electron chi connectivity index (χ4n) is 3.67. The quantitative estimate of drug-likeness (QED) is 0.798. The molecule has 2 aliphatic rings. The van der Waals surface area contributed by atoms with Crippen LogP contribution in [0.5, 0.6) is 0 Å². The van der Waals surface area contributed by atoms with Gasteiger partial charge in [0, 0.05) is 30.2 Å². The molecule has 2 aromatic rings. The molecule has 0 radical (unpaired) electrons. The van der Waals surface area contributed by atoms with Gasteiger partial charge in [0.1, 0.15) is 0 Å². The van der Waals surface area contributed by atoms with Crippen molar-refractivity contribution in [3.63, 3.8) is 0 Å². The molecule has 1 atom stereocenters. The minimum absolute atomic E-state index is 0.0375. The number of morpholine rings is 1. The summed E-state index contributed by atoms with van der Waals surface area (Å²) in [6.45, 7) is 4.90.